The van der Waals surface area contributed by atoms with E-state index in [2.05, 4.69) is 20.3 Å². The highest BCUT2D eigenvalue weighted by molar-refractivity contribution is 7.11. The summed E-state index contributed by atoms with van der Waals surface area (Å²) >= 11 is 1.90. The summed E-state index contributed by atoms with van der Waals surface area (Å²) in [5.41, 5.74) is 4.90. The van der Waals surface area contributed by atoms with Gasteiger partial charge in [-0.1, -0.05) is 6.42 Å². The van der Waals surface area contributed by atoms with Crippen LogP contribution in [0.25, 0.3) is 0 Å². The van der Waals surface area contributed by atoms with Gasteiger partial charge in [-0.2, -0.15) is 4.98 Å². The predicted octanol–water partition coefficient (Wildman–Crippen LogP) is 2.36. The van der Waals surface area contributed by atoms with Crippen LogP contribution in [-0.2, 0) is 13.0 Å². The van der Waals surface area contributed by atoms with Crippen molar-refractivity contribution >= 4 is 23.1 Å². The maximum atomic E-state index is 5.43. The molecule has 22 heavy (non-hydrogen) atoms. The maximum absolute atomic E-state index is 5.43. The first-order valence-corrected chi connectivity index (χ1v) is 8.60. The fraction of sp³-hybridized carbons (Fsp3) is 0.533. The number of aromatic nitrogens is 3. The van der Waals surface area contributed by atoms with E-state index in [1.165, 1.54) is 34.8 Å². The number of hydrazine groups is 1. The Morgan fingerprint density at radius 3 is 2.95 bits per heavy atom. The molecule has 0 unspecified atom stereocenters. The number of nitrogens with one attached hydrogen (secondary N) is 1. The number of aryl methyl sites for hydroxylation is 1. The smallest absolute Gasteiger partial charge is 0.239 e. The molecule has 6 nitrogen and oxygen atoms in total. The Morgan fingerprint density at radius 1 is 1.36 bits per heavy atom. The van der Waals surface area contributed by atoms with Crippen molar-refractivity contribution in [3.05, 3.63) is 27.3 Å². The summed E-state index contributed by atoms with van der Waals surface area (Å²) in [5.74, 6) is 7.58. The SMILES string of the molecule is Cc1cnc(NN)nc1N1CCc2nc(C3CCC3)sc2C1. The van der Waals surface area contributed by atoms with Crippen molar-refractivity contribution in [1.29, 1.82) is 0 Å². The highest BCUT2D eigenvalue weighted by Gasteiger charge is 2.28. The van der Waals surface area contributed by atoms with Crippen LogP contribution in [-0.4, -0.2) is 21.5 Å². The quantitative estimate of drug-likeness (QED) is 0.668. The minimum Gasteiger partial charge on any atom is -0.351 e. The van der Waals surface area contributed by atoms with Crippen molar-refractivity contribution in [1.82, 2.24) is 15.0 Å². The first kappa shape index (κ1) is 13.9. The molecule has 1 aliphatic carbocycles. The van der Waals surface area contributed by atoms with Crippen LogP contribution >= 0.6 is 11.3 Å². The summed E-state index contributed by atoms with van der Waals surface area (Å²) in [7, 11) is 0. The van der Waals surface area contributed by atoms with Gasteiger partial charge in [0.15, 0.2) is 0 Å². The third-order valence-corrected chi connectivity index (χ3v) is 5.82. The van der Waals surface area contributed by atoms with Crippen molar-refractivity contribution in [3.8, 4) is 0 Å². The molecular weight excluding hydrogens is 296 g/mol. The second-order valence-corrected chi connectivity index (χ2v) is 7.18. The molecule has 1 aliphatic heterocycles. The summed E-state index contributed by atoms with van der Waals surface area (Å²) in [5, 5.41) is 1.35. The van der Waals surface area contributed by atoms with Crippen molar-refractivity contribution in [2.24, 2.45) is 5.84 Å². The molecule has 1 saturated carbocycles. The average Bonchev–Trinajstić information content (AvgIpc) is 2.88. The molecule has 3 heterocycles. The van der Waals surface area contributed by atoms with Gasteiger partial charge in [0, 0.05) is 35.5 Å². The van der Waals surface area contributed by atoms with Crippen molar-refractivity contribution in [2.45, 2.75) is 45.1 Å². The molecule has 0 atom stereocenters. The van der Waals surface area contributed by atoms with E-state index in [0.29, 0.717) is 5.95 Å². The van der Waals surface area contributed by atoms with Gasteiger partial charge in [0.25, 0.3) is 0 Å². The second-order valence-electron chi connectivity index (χ2n) is 6.07. The van der Waals surface area contributed by atoms with E-state index in [-0.39, 0.29) is 0 Å². The van der Waals surface area contributed by atoms with Crippen LogP contribution in [0.3, 0.4) is 0 Å². The number of hydrogen-bond acceptors (Lipinski definition) is 7. The van der Waals surface area contributed by atoms with Gasteiger partial charge >= 0.3 is 0 Å². The molecule has 2 aromatic rings. The van der Waals surface area contributed by atoms with E-state index in [1.807, 2.05) is 24.5 Å². The molecule has 2 aromatic heterocycles. The van der Waals surface area contributed by atoms with Crippen LogP contribution in [0, 0.1) is 6.92 Å². The molecule has 0 spiro atoms. The van der Waals surface area contributed by atoms with Gasteiger partial charge in [0.05, 0.1) is 17.2 Å². The Balaban J connectivity index is 1.60. The van der Waals surface area contributed by atoms with Gasteiger partial charge in [-0.3, -0.25) is 5.43 Å². The number of anilines is 2. The van der Waals surface area contributed by atoms with Gasteiger partial charge < -0.3 is 4.90 Å². The Bertz CT molecular complexity index is 693. The lowest BCUT2D eigenvalue weighted by Gasteiger charge is -2.28. The first-order chi connectivity index (χ1) is 10.7. The van der Waals surface area contributed by atoms with Gasteiger partial charge in [-0.25, -0.2) is 15.8 Å². The number of fused-ring (bicyclic) bond motifs is 1. The molecule has 116 valence electrons. The Hall–Kier alpha value is -1.73. The fourth-order valence-corrected chi connectivity index (χ4v) is 4.35. The molecule has 0 bridgehead atoms. The van der Waals surface area contributed by atoms with E-state index in [0.717, 1.165) is 36.8 Å². The Morgan fingerprint density at radius 2 is 2.23 bits per heavy atom. The zero-order chi connectivity index (χ0) is 15.1. The number of thiazole rings is 1. The topological polar surface area (TPSA) is 80.0 Å². The summed E-state index contributed by atoms with van der Waals surface area (Å²) in [4.78, 5) is 17.3. The summed E-state index contributed by atoms with van der Waals surface area (Å²) in [6, 6.07) is 0. The molecule has 0 radical (unpaired) electrons. The minimum atomic E-state index is 0.464. The molecule has 3 N–H and O–H groups in total. The summed E-state index contributed by atoms with van der Waals surface area (Å²) in [6.07, 6.45) is 6.79. The zero-order valence-electron chi connectivity index (χ0n) is 12.7. The molecule has 0 aromatic carbocycles. The third kappa shape index (κ3) is 2.34. The Kier molecular flexibility index (Phi) is 3.46. The van der Waals surface area contributed by atoms with Gasteiger partial charge in [-0.15, -0.1) is 11.3 Å². The van der Waals surface area contributed by atoms with Crippen LogP contribution in [0.2, 0.25) is 0 Å². The van der Waals surface area contributed by atoms with Crippen LogP contribution in [0.5, 0.6) is 0 Å². The molecule has 7 heteroatoms. The van der Waals surface area contributed by atoms with E-state index < -0.39 is 0 Å². The molecule has 0 amide bonds. The van der Waals surface area contributed by atoms with Gasteiger partial charge in [0.1, 0.15) is 5.82 Å². The summed E-state index contributed by atoms with van der Waals surface area (Å²) < 4.78 is 0. The average molecular weight is 316 g/mol. The number of rotatable bonds is 3. The molecule has 1 fully saturated rings. The highest BCUT2D eigenvalue weighted by atomic mass is 32.1. The fourth-order valence-electron chi connectivity index (χ4n) is 3.05. The number of nitrogen functional groups attached to an aromatic ring is 1. The van der Waals surface area contributed by atoms with Crippen LogP contribution < -0.4 is 16.2 Å². The van der Waals surface area contributed by atoms with Crippen LogP contribution in [0.1, 0.15) is 46.3 Å². The molecule has 4 rings (SSSR count). The van der Waals surface area contributed by atoms with E-state index in [4.69, 9.17) is 10.8 Å². The van der Waals surface area contributed by atoms with Gasteiger partial charge in [-0.05, 0) is 19.8 Å². The number of nitrogens with two attached hydrogens (primary N) is 1. The highest BCUT2D eigenvalue weighted by Crippen LogP contribution is 2.40. The number of hydrogen-bond donors (Lipinski definition) is 2. The molecule has 0 saturated heterocycles. The van der Waals surface area contributed by atoms with Crippen molar-refractivity contribution < 1.29 is 0 Å². The maximum Gasteiger partial charge on any atom is 0.239 e. The van der Waals surface area contributed by atoms with E-state index >= 15 is 0 Å². The summed E-state index contributed by atoms with van der Waals surface area (Å²) in [6.45, 7) is 3.88. The minimum absolute atomic E-state index is 0.464. The lowest BCUT2D eigenvalue weighted by Crippen LogP contribution is -2.31. The lowest BCUT2D eigenvalue weighted by atomic mass is 9.86. The lowest BCUT2D eigenvalue weighted by molar-refractivity contribution is 0.417. The largest absolute Gasteiger partial charge is 0.351 e. The zero-order valence-corrected chi connectivity index (χ0v) is 13.5. The second kappa shape index (κ2) is 5.48. The molecule has 2 aliphatic rings. The third-order valence-electron chi connectivity index (χ3n) is 4.58. The standard InChI is InChI=1S/C15H20N6S/c1-9-7-17-15(20-16)19-13(9)21-6-5-11-12(8-21)22-14(18-11)10-3-2-4-10/h7,10H,2-6,8,16H2,1H3,(H,17,19,20). The van der Waals surface area contributed by atoms with Gasteiger partial charge in [0.2, 0.25) is 5.95 Å². The molecular formula is C15H20N6S. The number of nitrogens with zero attached hydrogens (tertiary/aromatic N) is 4. The van der Waals surface area contributed by atoms with Crippen molar-refractivity contribution in [2.75, 3.05) is 16.9 Å². The van der Waals surface area contributed by atoms with Crippen molar-refractivity contribution in [3.63, 3.8) is 0 Å². The van der Waals surface area contributed by atoms with Crippen LogP contribution in [0.15, 0.2) is 6.20 Å². The van der Waals surface area contributed by atoms with Crippen LogP contribution in [0.4, 0.5) is 11.8 Å². The monoisotopic (exact) mass is 316 g/mol. The Labute approximate surface area is 133 Å². The first-order valence-electron chi connectivity index (χ1n) is 7.78. The normalized spacial score (nSPS) is 18.0. The predicted molar refractivity (Wildman–Crippen MR) is 88.0 cm³/mol. The van der Waals surface area contributed by atoms with E-state index in [9.17, 15) is 0 Å². The van der Waals surface area contributed by atoms with E-state index in [1.54, 1.807) is 0 Å².